The second kappa shape index (κ2) is 7.83. The van der Waals surface area contributed by atoms with Crippen LogP contribution in [-0.2, 0) is 18.9 Å². The summed E-state index contributed by atoms with van der Waals surface area (Å²) in [5, 5.41) is 6.23. The van der Waals surface area contributed by atoms with Gasteiger partial charge in [0.05, 0.1) is 17.7 Å². The Balaban J connectivity index is 2.19. The lowest BCUT2D eigenvalue weighted by Crippen LogP contribution is -2.37. The molecule has 0 unspecified atom stereocenters. The second-order valence-electron chi connectivity index (χ2n) is 5.67. The zero-order chi connectivity index (χ0) is 20.4. The average Bonchev–Trinajstić information content (AvgIpc) is 2.97. The van der Waals surface area contributed by atoms with Gasteiger partial charge >= 0.3 is 12.4 Å². The molecule has 4 nitrogen and oxygen atoms in total. The fourth-order valence-corrected chi connectivity index (χ4v) is 2.80. The molecule has 1 aromatic carbocycles. The van der Waals surface area contributed by atoms with Gasteiger partial charge < -0.3 is 5.32 Å². The van der Waals surface area contributed by atoms with Crippen molar-refractivity contribution >= 4 is 17.7 Å². The van der Waals surface area contributed by atoms with E-state index in [0.29, 0.717) is 4.68 Å². The zero-order valence-electron chi connectivity index (χ0n) is 14.1. The molecule has 0 radical (unpaired) electrons. The molecule has 0 aliphatic rings. The number of hydrogen-bond donors (Lipinski definition) is 1. The van der Waals surface area contributed by atoms with Crippen molar-refractivity contribution in [2.24, 2.45) is 0 Å². The van der Waals surface area contributed by atoms with Gasteiger partial charge in [-0.25, -0.2) is 0 Å². The zero-order valence-corrected chi connectivity index (χ0v) is 15.0. The van der Waals surface area contributed by atoms with Crippen LogP contribution in [0.15, 0.2) is 35.4 Å². The quantitative estimate of drug-likeness (QED) is 0.584. The number of hydrogen-bond acceptors (Lipinski definition) is 3. The van der Waals surface area contributed by atoms with Crippen LogP contribution in [0, 0.1) is 0 Å². The molecule has 0 saturated carbocycles. The summed E-state index contributed by atoms with van der Waals surface area (Å²) >= 11 is 1.02. The minimum absolute atomic E-state index is 0.142. The number of benzene rings is 1. The van der Waals surface area contributed by atoms with Crippen molar-refractivity contribution in [3.63, 3.8) is 0 Å². The van der Waals surface area contributed by atoms with Crippen molar-refractivity contribution in [1.29, 1.82) is 0 Å². The Morgan fingerprint density at radius 3 is 2.37 bits per heavy atom. The smallest absolute Gasteiger partial charge is 0.348 e. The second-order valence-corrected chi connectivity index (χ2v) is 6.50. The number of amides is 1. The highest BCUT2D eigenvalue weighted by Crippen LogP contribution is 2.33. The van der Waals surface area contributed by atoms with Gasteiger partial charge in [0, 0.05) is 12.1 Å². The summed E-state index contributed by atoms with van der Waals surface area (Å²) in [5.74, 6) is -1.03. The molecule has 1 amide bonds. The maximum atomic E-state index is 13.1. The molecule has 2 aromatic rings. The number of carbonyl (C=O) groups is 1. The van der Waals surface area contributed by atoms with Crippen LogP contribution in [0.3, 0.4) is 0 Å². The number of aromatic nitrogens is 2. The van der Waals surface area contributed by atoms with Gasteiger partial charge in [0.15, 0.2) is 0 Å². The standard InChI is InChI=1S/C16H15F6N3OS/c1-9(8-25-12(16(20,21)22)7-13(24-25)27-2)23-14(26)10-5-3-4-6-11(10)15(17,18)19/h3-7,9H,8H2,1-2H3,(H,23,26)/t9-/m0/s1. The maximum absolute atomic E-state index is 13.1. The third kappa shape index (κ3) is 5.18. The highest BCUT2D eigenvalue weighted by Gasteiger charge is 2.37. The number of alkyl halides is 6. The molecule has 0 saturated heterocycles. The molecule has 2 rings (SSSR count). The molecule has 0 aliphatic carbocycles. The van der Waals surface area contributed by atoms with Crippen molar-refractivity contribution in [2.75, 3.05) is 6.26 Å². The van der Waals surface area contributed by atoms with Crippen molar-refractivity contribution in [3.05, 3.63) is 47.2 Å². The number of nitrogens with one attached hydrogen (secondary N) is 1. The summed E-state index contributed by atoms with van der Waals surface area (Å²) in [7, 11) is 0. The summed E-state index contributed by atoms with van der Waals surface area (Å²) in [6.45, 7) is 1.03. The Labute approximate surface area is 154 Å². The highest BCUT2D eigenvalue weighted by atomic mass is 32.2. The summed E-state index contributed by atoms with van der Waals surface area (Å²) in [4.78, 5) is 12.2. The third-order valence-electron chi connectivity index (χ3n) is 3.56. The van der Waals surface area contributed by atoms with Crippen molar-refractivity contribution in [1.82, 2.24) is 15.1 Å². The van der Waals surface area contributed by atoms with Crippen LogP contribution >= 0.6 is 11.8 Å². The lowest BCUT2D eigenvalue weighted by atomic mass is 10.1. The monoisotopic (exact) mass is 411 g/mol. The number of nitrogens with zero attached hydrogens (tertiary/aromatic N) is 2. The largest absolute Gasteiger partial charge is 0.433 e. The van der Waals surface area contributed by atoms with Gasteiger partial charge in [-0.05, 0) is 25.3 Å². The first-order valence-corrected chi connectivity index (χ1v) is 8.82. The van der Waals surface area contributed by atoms with Crippen LogP contribution in [0.25, 0.3) is 0 Å². The maximum Gasteiger partial charge on any atom is 0.433 e. The van der Waals surface area contributed by atoms with Crippen LogP contribution in [0.1, 0.15) is 28.5 Å². The number of halogens is 6. The van der Waals surface area contributed by atoms with Gasteiger partial charge in [0.25, 0.3) is 5.91 Å². The predicted octanol–water partition coefficient (Wildman–Crippen LogP) is 4.46. The van der Waals surface area contributed by atoms with Crippen LogP contribution < -0.4 is 5.32 Å². The fraction of sp³-hybridized carbons (Fsp3) is 0.375. The molecule has 11 heteroatoms. The molecule has 1 N–H and O–H groups in total. The molecule has 0 aliphatic heterocycles. The van der Waals surface area contributed by atoms with E-state index >= 15 is 0 Å². The van der Waals surface area contributed by atoms with E-state index in [9.17, 15) is 31.1 Å². The first-order valence-electron chi connectivity index (χ1n) is 7.59. The minimum Gasteiger partial charge on any atom is -0.348 e. The van der Waals surface area contributed by atoms with E-state index in [4.69, 9.17) is 0 Å². The van der Waals surface area contributed by atoms with Crippen molar-refractivity contribution in [2.45, 2.75) is 36.9 Å². The summed E-state index contributed by atoms with van der Waals surface area (Å²) < 4.78 is 78.9. The third-order valence-corrected chi connectivity index (χ3v) is 4.18. The fourth-order valence-electron chi connectivity index (χ4n) is 2.40. The van der Waals surface area contributed by atoms with Crippen LogP contribution in [0.5, 0.6) is 0 Å². The van der Waals surface area contributed by atoms with E-state index in [2.05, 4.69) is 10.4 Å². The van der Waals surface area contributed by atoms with E-state index < -0.39 is 41.1 Å². The van der Waals surface area contributed by atoms with Crippen LogP contribution in [-0.4, -0.2) is 28.0 Å². The molecular formula is C16H15F6N3OS. The molecule has 0 bridgehead atoms. The van der Waals surface area contributed by atoms with Gasteiger partial charge in [0.2, 0.25) is 0 Å². The Morgan fingerprint density at radius 1 is 1.19 bits per heavy atom. The molecule has 0 fully saturated rings. The van der Waals surface area contributed by atoms with E-state index in [1.54, 1.807) is 6.26 Å². The lowest BCUT2D eigenvalue weighted by Gasteiger charge is -2.18. The Kier molecular flexibility index (Phi) is 6.13. The van der Waals surface area contributed by atoms with Gasteiger partial charge in [-0.2, -0.15) is 31.4 Å². The Morgan fingerprint density at radius 2 is 1.81 bits per heavy atom. The molecule has 1 atom stereocenters. The van der Waals surface area contributed by atoms with Gasteiger partial charge in [-0.1, -0.05) is 12.1 Å². The number of carbonyl (C=O) groups excluding carboxylic acids is 1. The SMILES string of the molecule is CSc1cc(C(F)(F)F)n(C[C@H](C)NC(=O)c2ccccc2C(F)(F)F)n1. The number of thioether (sulfide) groups is 1. The molecule has 148 valence electrons. The Bertz CT molecular complexity index is 815. The van der Waals surface area contributed by atoms with Crippen molar-refractivity contribution < 1.29 is 31.1 Å². The molecule has 1 heterocycles. The average molecular weight is 411 g/mol. The van der Waals surface area contributed by atoms with Gasteiger partial charge in [-0.3, -0.25) is 9.48 Å². The molecule has 27 heavy (non-hydrogen) atoms. The van der Waals surface area contributed by atoms with E-state index in [0.717, 1.165) is 36.0 Å². The normalized spacial score (nSPS) is 13.5. The predicted molar refractivity (Wildman–Crippen MR) is 87.4 cm³/mol. The van der Waals surface area contributed by atoms with E-state index in [-0.39, 0.29) is 11.6 Å². The summed E-state index contributed by atoms with van der Waals surface area (Å²) in [6.07, 6.45) is -7.81. The molecule has 0 spiro atoms. The Hall–Kier alpha value is -2.17. The summed E-state index contributed by atoms with van der Waals surface area (Å²) in [6, 6.07) is 4.17. The van der Waals surface area contributed by atoms with Crippen LogP contribution in [0.4, 0.5) is 26.3 Å². The topological polar surface area (TPSA) is 46.9 Å². The van der Waals surface area contributed by atoms with Gasteiger partial charge in [0.1, 0.15) is 10.7 Å². The van der Waals surface area contributed by atoms with Crippen molar-refractivity contribution in [3.8, 4) is 0 Å². The summed E-state index contributed by atoms with van der Waals surface area (Å²) in [5.41, 5.74) is -2.71. The number of rotatable bonds is 5. The van der Waals surface area contributed by atoms with Gasteiger partial charge in [-0.15, -0.1) is 11.8 Å². The first-order chi connectivity index (χ1) is 12.4. The minimum atomic E-state index is -4.73. The molecular weight excluding hydrogens is 396 g/mol. The molecule has 1 aromatic heterocycles. The van der Waals surface area contributed by atoms with E-state index in [1.165, 1.54) is 13.0 Å². The lowest BCUT2D eigenvalue weighted by molar-refractivity contribution is -0.144. The first kappa shape index (κ1) is 21.1. The highest BCUT2D eigenvalue weighted by molar-refractivity contribution is 7.98. The van der Waals surface area contributed by atoms with E-state index in [1.807, 2.05) is 0 Å². The van der Waals surface area contributed by atoms with Crippen LogP contribution in [0.2, 0.25) is 0 Å².